The minimum absolute atomic E-state index is 0.0225. The van der Waals surface area contributed by atoms with Crippen LogP contribution in [0, 0.1) is 12.7 Å². The highest BCUT2D eigenvalue weighted by molar-refractivity contribution is 5.94. The predicted molar refractivity (Wildman–Crippen MR) is 79.8 cm³/mol. The second-order valence-electron chi connectivity index (χ2n) is 4.66. The number of nitrogens with one attached hydrogen (secondary N) is 1. The van der Waals surface area contributed by atoms with Gasteiger partial charge < -0.3 is 15.8 Å². The molecule has 2 aromatic rings. The van der Waals surface area contributed by atoms with Gasteiger partial charge in [0.2, 0.25) is 0 Å². The number of rotatable bonds is 5. The van der Waals surface area contributed by atoms with Crippen LogP contribution in [0.1, 0.15) is 15.9 Å². The standard InChI is InChI=1S/C16H17FN2O2/c1-11-3-2-4-13(9-11)21-8-7-19-16(20)12-5-6-15(18)14(17)10-12/h2-6,9-10H,7-8,18H2,1H3,(H,19,20). The van der Waals surface area contributed by atoms with Crippen LogP contribution in [0.3, 0.4) is 0 Å². The summed E-state index contributed by atoms with van der Waals surface area (Å²) in [6.07, 6.45) is 0. The molecule has 0 saturated heterocycles. The van der Waals surface area contributed by atoms with Crippen LogP contribution in [0.15, 0.2) is 42.5 Å². The number of carbonyl (C=O) groups is 1. The van der Waals surface area contributed by atoms with Gasteiger partial charge in [-0.3, -0.25) is 4.79 Å². The minimum Gasteiger partial charge on any atom is -0.492 e. The van der Waals surface area contributed by atoms with Crippen molar-refractivity contribution in [2.24, 2.45) is 0 Å². The molecule has 0 aliphatic carbocycles. The van der Waals surface area contributed by atoms with Crippen LogP contribution in [0.25, 0.3) is 0 Å². The smallest absolute Gasteiger partial charge is 0.251 e. The van der Waals surface area contributed by atoms with Gasteiger partial charge >= 0.3 is 0 Å². The summed E-state index contributed by atoms with van der Waals surface area (Å²) < 4.78 is 18.8. The predicted octanol–water partition coefficient (Wildman–Crippen LogP) is 2.53. The molecule has 0 aliphatic rings. The van der Waals surface area contributed by atoms with E-state index in [0.717, 1.165) is 17.4 Å². The van der Waals surface area contributed by atoms with E-state index < -0.39 is 5.82 Å². The number of halogens is 1. The molecule has 4 nitrogen and oxygen atoms in total. The first-order chi connectivity index (χ1) is 10.1. The average molecular weight is 288 g/mol. The fraction of sp³-hybridized carbons (Fsp3) is 0.188. The molecule has 0 aromatic heterocycles. The number of ether oxygens (including phenoxy) is 1. The van der Waals surface area contributed by atoms with Gasteiger partial charge in [-0.15, -0.1) is 0 Å². The zero-order valence-corrected chi connectivity index (χ0v) is 11.7. The second kappa shape index (κ2) is 6.74. The van der Waals surface area contributed by atoms with Crippen LogP contribution < -0.4 is 15.8 Å². The molecular weight excluding hydrogens is 271 g/mol. The maximum absolute atomic E-state index is 13.3. The topological polar surface area (TPSA) is 64.3 Å². The Labute approximate surface area is 122 Å². The van der Waals surface area contributed by atoms with E-state index in [1.54, 1.807) is 0 Å². The first-order valence-corrected chi connectivity index (χ1v) is 6.59. The lowest BCUT2D eigenvalue weighted by molar-refractivity contribution is 0.0946. The number of benzene rings is 2. The molecule has 0 heterocycles. The summed E-state index contributed by atoms with van der Waals surface area (Å²) in [6, 6.07) is 11.6. The molecule has 0 unspecified atom stereocenters. The molecule has 21 heavy (non-hydrogen) atoms. The number of nitrogen functional groups attached to an aromatic ring is 1. The average Bonchev–Trinajstić information content (AvgIpc) is 2.46. The lowest BCUT2D eigenvalue weighted by Crippen LogP contribution is -2.28. The van der Waals surface area contributed by atoms with Crippen LogP contribution in [-0.2, 0) is 0 Å². The first kappa shape index (κ1) is 14.8. The fourth-order valence-electron chi connectivity index (χ4n) is 1.81. The van der Waals surface area contributed by atoms with E-state index in [4.69, 9.17) is 10.5 Å². The Balaban J connectivity index is 1.80. The van der Waals surface area contributed by atoms with E-state index in [0.29, 0.717) is 13.2 Å². The van der Waals surface area contributed by atoms with Gasteiger partial charge in [-0.05, 0) is 42.8 Å². The molecule has 1 amide bonds. The number of hydrogen-bond donors (Lipinski definition) is 2. The largest absolute Gasteiger partial charge is 0.492 e. The van der Waals surface area contributed by atoms with Gasteiger partial charge in [0.1, 0.15) is 18.2 Å². The van der Waals surface area contributed by atoms with Crippen molar-refractivity contribution >= 4 is 11.6 Å². The Morgan fingerprint density at radius 2 is 2.10 bits per heavy atom. The van der Waals surface area contributed by atoms with Crippen LogP contribution in [0.2, 0.25) is 0 Å². The normalized spacial score (nSPS) is 10.2. The summed E-state index contributed by atoms with van der Waals surface area (Å²) in [4.78, 5) is 11.8. The molecule has 0 saturated carbocycles. The Hall–Kier alpha value is -2.56. The van der Waals surface area contributed by atoms with E-state index in [-0.39, 0.29) is 17.2 Å². The van der Waals surface area contributed by atoms with Crippen molar-refractivity contribution in [2.75, 3.05) is 18.9 Å². The molecule has 0 atom stereocenters. The Morgan fingerprint density at radius 3 is 2.81 bits per heavy atom. The van der Waals surface area contributed by atoms with E-state index in [9.17, 15) is 9.18 Å². The number of nitrogens with two attached hydrogens (primary N) is 1. The maximum Gasteiger partial charge on any atom is 0.251 e. The Kier molecular flexibility index (Phi) is 4.77. The number of aryl methyl sites for hydroxylation is 1. The highest BCUT2D eigenvalue weighted by Crippen LogP contribution is 2.13. The molecule has 0 radical (unpaired) electrons. The summed E-state index contributed by atoms with van der Waals surface area (Å²) in [6.45, 7) is 2.65. The van der Waals surface area contributed by atoms with Crippen LogP contribution >= 0.6 is 0 Å². The van der Waals surface area contributed by atoms with Crippen molar-refractivity contribution in [2.45, 2.75) is 6.92 Å². The second-order valence-corrected chi connectivity index (χ2v) is 4.66. The number of carbonyl (C=O) groups excluding carboxylic acids is 1. The van der Waals surface area contributed by atoms with E-state index in [1.165, 1.54) is 12.1 Å². The molecular formula is C16H17FN2O2. The van der Waals surface area contributed by atoms with Crippen LogP contribution in [0.4, 0.5) is 10.1 Å². The molecule has 5 heteroatoms. The third-order valence-electron chi connectivity index (χ3n) is 2.91. The molecule has 2 rings (SSSR count). The van der Waals surface area contributed by atoms with Crippen LogP contribution in [-0.4, -0.2) is 19.1 Å². The van der Waals surface area contributed by atoms with Crippen molar-refractivity contribution < 1.29 is 13.9 Å². The van der Waals surface area contributed by atoms with Gasteiger partial charge in [-0.1, -0.05) is 12.1 Å². The fourth-order valence-corrected chi connectivity index (χ4v) is 1.81. The van der Waals surface area contributed by atoms with Gasteiger partial charge in [0, 0.05) is 5.56 Å². The summed E-state index contributed by atoms with van der Waals surface area (Å²) in [5, 5.41) is 2.66. The molecule has 2 aromatic carbocycles. The number of anilines is 1. The SMILES string of the molecule is Cc1cccc(OCCNC(=O)c2ccc(N)c(F)c2)c1. The Bertz CT molecular complexity index is 644. The Morgan fingerprint density at radius 1 is 1.29 bits per heavy atom. The molecule has 0 spiro atoms. The van der Waals surface area contributed by atoms with Crippen molar-refractivity contribution in [1.82, 2.24) is 5.32 Å². The van der Waals surface area contributed by atoms with E-state index in [2.05, 4.69) is 5.32 Å². The van der Waals surface area contributed by atoms with Gasteiger partial charge in [-0.2, -0.15) is 0 Å². The highest BCUT2D eigenvalue weighted by atomic mass is 19.1. The number of amides is 1. The summed E-state index contributed by atoms with van der Waals surface area (Å²) >= 11 is 0. The van der Waals surface area contributed by atoms with Gasteiger partial charge in [0.25, 0.3) is 5.91 Å². The van der Waals surface area contributed by atoms with Gasteiger partial charge in [0.15, 0.2) is 0 Å². The third kappa shape index (κ3) is 4.21. The zero-order chi connectivity index (χ0) is 15.2. The van der Waals surface area contributed by atoms with Gasteiger partial charge in [-0.25, -0.2) is 4.39 Å². The lowest BCUT2D eigenvalue weighted by atomic mass is 10.2. The quantitative estimate of drug-likeness (QED) is 0.656. The van der Waals surface area contributed by atoms with Crippen LogP contribution in [0.5, 0.6) is 5.75 Å². The molecule has 0 aliphatic heterocycles. The van der Waals surface area contributed by atoms with Gasteiger partial charge in [0.05, 0.1) is 12.2 Å². The van der Waals surface area contributed by atoms with Crippen molar-refractivity contribution in [3.05, 3.63) is 59.4 Å². The third-order valence-corrected chi connectivity index (χ3v) is 2.91. The highest BCUT2D eigenvalue weighted by Gasteiger charge is 2.07. The molecule has 0 fully saturated rings. The van der Waals surface area contributed by atoms with Crippen molar-refractivity contribution in [1.29, 1.82) is 0 Å². The lowest BCUT2D eigenvalue weighted by Gasteiger charge is -2.08. The first-order valence-electron chi connectivity index (χ1n) is 6.59. The zero-order valence-electron chi connectivity index (χ0n) is 11.7. The summed E-state index contributed by atoms with van der Waals surface area (Å²) in [7, 11) is 0. The summed E-state index contributed by atoms with van der Waals surface area (Å²) in [5.74, 6) is -0.205. The monoisotopic (exact) mass is 288 g/mol. The van der Waals surface area contributed by atoms with Crippen molar-refractivity contribution in [3.63, 3.8) is 0 Å². The molecule has 110 valence electrons. The maximum atomic E-state index is 13.3. The number of hydrogen-bond acceptors (Lipinski definition) is 3. The molecule has 3 N–H and O–H groups in total. The van der Waals surface area contributed by atoms with E-state index >= 15 is 0 Å². The van der Waals surface area contributed by atoms with E-state index in [1.807, 2.05) is 31.2 Å². The van der Waals surface area contributed by atoms with Crippen molar-refractivity contribution in [3.8, 4) is 5.75 Å². The minimum atomic E-state index is -0.598. The molecule has 0 bridgehead atoms. The summed E-state index contributed by atoms with van der Waals surface area (Å²) in [5.41, 5.74) is 6.72.